The first-order chi connectivity index (χ1) is 5.70. The molecule has 3 fully saturated rings. The van der Waals surface area contributed by atoms with Gasteiger partial charge in [0.15, 0.2) is 0 Å². The Morgan fingerprint density at radius 3 is 2.67 bits per heavy atom. The summed E-state index contributed by atoms with van der Waals surface area (Å²) in [6.45, 7) is 4.75. The summed E-state index contributed by atoms with van der Waals surface area (Å²) in [4.78, 5) is 0. The van der Waals surface area contributed by atoms with Crippen LogP contribution in [0.3, 0.4) is 0 Å². The van der Waals surface area contributed by atoms with Crippen molar-refractivity contribution in [1.82, 2.24) is 5.32 Å². The van der Waals surface area contributed by atoms with Crippen LogP contribution in [0.2, 0.25) is 0 Å². The molecule has 0 aromatic rings. The first kappa shape index (κ1) is 7.37. The number of hydrogen-bond acceptors (Lipinski definition) is 1. The van der Waals surface area contributed by atoms with E-state index in [1.165, 1.54) is 32.1 Å². The van der Waals surface area contributed by atoms with Gasteiger partial charge in [0.25, 0.3) is 0 Å². The second-order valence-electron chi connectivity index (χ2n) is 5.36. The molecule has 1 nitrogen and oxygen atoms in total. The van der Waals surface area contributed by atoms with Gasteiger partial charge in [-0.1, -0.05) is 13.3 Å². The van der Waals surface area contributed by atoms with Gasteiger partial charge in [-0.25, -0.2) is 0 Å². The summed E-state index contributed by atoms with van der Waals surface area (Å²) in [7, 11) is 0. The van der Waals surface area contributed by atoms with Crippen LogP contribution in [0.4, 0.5) is 0 Å². The van der Waals surface area contributed by atoms with E-state index in [1.807, 2.05) is 0 Å². The molecular formula is C11H19N. The minimum Gasteiger partial charge on any atom is -0.302 e. The number of rotatable bonds is 1. The number of nitrogens with one attached hydrogen (secondary N) is 1. The fourth-order valence-electron chi connectivity index (χ4n) is 4.02. The minimum atomic E-state index is 0.521. The van der Waals surface area contributed by atoms with Crippen LogP contribution in [0.15, 0.2) is 0 Å². The summed E-state index contributed by atoms with van der Waals surface area (Å²) < 4.78 is 0. The van der Waals surface area contributed by atoms with Crippen LogP contribution in [-0.4, -0.2) is 11.1 Å². The van der Waals surface area contributed by atoms with Crippen LogP contribution in [-0.2, 0) is 0 Å². The quantitative estimate of drug-likeness (QED) is 0.592. The summed E-state index contributed by atoms with van der Waals surface area (Å²) in [6, 6.07) is 0. The zero-order chi connectivity index (χ0) is 8.40. The van der Waals surface area contributed by atoms with Crippen molar-refractivity contribution >= 4 is 0 Å². The molecule has 1 heterocycles. The van der Waals surface area contributed by atoms with Crippen molar-refractivity contribution in [2.45, 2.75) is 57.0 Å². The van der Waals surface area contributed by atoms with Crippen molar-refractivity contribution < 1.29 is 0 Å². The summed E-state index contributed by atoms with van der Waals surface area (Å²) in [5, 5.41) is 3.80. The van der Waals surface area contributed by atoms with Crippen LogP contribution in [0, 0.1) is 11.8 Å². The molecule has 2 saturated carbocycles. The lowest BCUT2D eigenvalue weighted by Crippen LogP contribution is -2.29. The molecule has 0 aromatic heterocycles. The van der Waals surface area contributed by atoms with Crippen LogP contribution in [0.1, 0.15) is 46.0 Å². The highest BCUT2D eigenvalue weighted by Crippen LogP contribution is 2.62. The van der Waals surface area contributed by atoms with Crippen molar-refractivity contribution in [3.05, 3.63) is 0 Å². The molecule has 3 rings (SSSR count). The van der Waals surface area contributed by atoms with Gasteiger partial charge < -0.3 is 5.32 Å². The SMILES string of the molecule is CCC1(C)NC12CC1CCC2C1. The van der Waals surface area contributed by atoms with Crippen molar-refractivity contribution in [3.63, 3.8) is 0 Å². The Morgan fingerprint density at radius 2 is 2.25 bits per heavy atom. The van der Waals surface area contributed by atoms with Gasteiger partial charge in [-0.05, 0) is 44.4 Å². The molecule has 2 aliphatic carbocycles. The monoisotopic (exact) mass is 165 g/mol. The average Bonchev–Trinajstić information content (AvgIpc) is 2.50. The van der Waals surface area contributed by atoms with Crippen molar-refractivity contribution in [1.29, 1.82) is 0 Å². The molecule has 0 radical (unpaired) electrons. The predicted molar refractivity (Wildman–Crippen MR) is 50.0 cm³/mol. The topological polar surface area (TPSA) is 21.9 Å². The zero-order valence-corrected chi connectivity index (χ0v) is 8.19. The second-order valence-corrected chi connectivity index (χ2v) is 5.36. The lowest BCUT2D eigenvalue weighted by molar-refractivity contribution is 0.347. The Hall–Kier alpha value is -0.0400. The molecular weight excluding hydrogens is 146 g/mol. The normalized spacial score (nSPS) is 61.5. The first-order valence-corrected chi connectivity index (χ1v) is 5.49. The van der Waals surface area contributed by atoms with Crippen molar-refractivity contribution in [3.8, 4) is 0 Å². The van der Waals surface area contributed by atoms with E-state index in [0.29, 0.717) is 11.1 Å². The Balaban J connectivity index is 1.88. The molecule has 1 N–H and O–H groups in total. The maximum Gasteiger partial charge on any atom is 0.0397 e. The molecule has 12 heavy (non-hydrogen) atoms. The van der Waals surface area contributed by atoms with E-state index in [1.54, 1.807) is 0 Å². The van der Waals surface area contributed by atoms with Gasteiger partial charge in [-0.3, -0.25) is 0 Å². The first-order valence-electron chi connectivity index (χ1n) is 5.49. The van der Waals surface area contributed by atoms with Crippen molar-refractivity contribution in [2.75, 3.05) is 0 Å². The van der Waals surface area contributed by atoms with E-state index in [2.05, 4.69) is 19.2 Å². The number of hydrogen-bond donors (Lipinski definition) is 1. The van der Waals surface area contributed by atoms with E-state index in [-0.39, 0.29) is 0 Å². The molecule has 4 unspecified atom stereocenters. The molecule has 3 aliphatic rings. The lowest BCUT2D eigenvalue weighted by Gasteiger charge is -2.23. The van der Waals surface area contributed by atoms with Gasteiger partial charge >= 0.3 is 0 Å². The van der Waals surface area contributed by atoms with E-state index in [0.717, 1.165) is 11.8 Å². The molecule has 0 aromatic carbocycles. The minimum absolute atomic E-state index is 0.521. The molecule has 1 spiro atoms. The molecule has 1 aliphatic heterocycles. The van der Waals surface area contributed by atoms with Gasteiger partial charge in [-0.15, -0.1) is 0 Å². The average molecular weight is 165 g/mol. The predicted octanol–water partition coefficient (Wildman–Crippen LogP) is 2.32. The highest BCUT2D eigenvalue weighted by Gasteiger charge is 2.70. The molecule has 1 heteroatoms. The lowest BCUT2D eigenvalue weighted by atomic mass is 9.79. The largest absolute Gasteiger partial charge is 0.302 e. The van der Waals surface area contributed by atoms with Gasteiger partial charge in [0.2, 0.25) is 0 Å². The molecule has 4 atom stereocenters. The maximum atomic E-state index is 3.80. The van der Waals surface area contributed by atoms with E-state index >= 15 is 0 Å². The summed E-state index contributed by atoms with van der Waals surface area (Å²) >= 11 is 0. The van der Waals surface area contributed by atoms with E-state index in [4.69, 9.17) is 0 Å². The molecule has 1 saturated heterocycles. The van der Waals surface area contributed by atoms with Crippen LogP contribution < -0.4 is 5.32 Å². The Kier molecular flexibility index (Phi) is 1.16. The Morgan fingerprint density at radius 1 is 1.42 bits per heavy atom. The molecule has 2 bridgehead atoms. The Bertz CT molecular complexity index is 225. The smallest absolute Gasteiger partial charge is 0.0397 e. The highest BCUT2D eigenvalue weighted by atomic mass is 15.3. The molecule has 68 valence electrons. The molecule has 0 amide bonds. The third-order valence-corrected chi connectivity index (χ3v) is 4.98. The summed E-state index contributed by atoms with van der Waals surface area (Å²) in [5.41, 5.74) is 1.14. The fourth-order valence-corrected chi connectivity index (χ4v) is 4.02. The third kappa shape index (κ3) is 0.618. The maximum absolute atomic E-state index is 3.80. The van der Waals surface area contributed by atoms with Crippen LogP contribution >= 0.6 is 0 Å². The Labute approximate surface area is 74.9 Å². The second kappa shape index (κ2) is 1.89. The number of fused-ring (bicyclic) bond motifs is 3. The third-order valence-electron chi connectivity index (χ3n) is 4.98. The van der Waals surface area contributed by atoms with Gasteiger partial charge in [-0.2, -0.15) is 0 Å². The standard InChI is InChI=1S/C11H19N/c1-3-10(2)11(12-10)7-8-4-5-9(11)6-8/h8-9,12H,3-7H2,1-2H3. The van der Waals surface area contributed by atoms with E-state index in [9.17, 15) is 0 Å². The van der Waals surface area contributed by atoms with Crippen molar-refractivity contribution in [2.24, 2.45) is 11.8 Å². The van der Waals surface area contributed by atoms with Gasteiger partial charge in [0.05, 0.1) is 0 Å². The van der Waals surface area contributed by atoms with E-state index < -0.39 is 0 Å². The summed E-state index contributed by atoms with van der Waals surface area (Å²) in [6.07, 6.45) is 7.36. The summed E-state index contributed by atoms with van der Waals surface area (Å²) in [5.74, 6) is 2.11. The van der Waals surface area contributed by atoms with Crippen LogP contribution in [0.25, 0.3) is 0 Å². The van der Waals surface area contributed by atoms with Crippen LogP contribution in [0.5, 0.6) is 0 Å². The fraction of sp³-hybridized carbons (Fsp3) is 1.00. The highest BCUT2D eigenvalue weighted by molar-refractivity contribution is 5.30. The van der Waals surface area contributed by atoms with Gasteiger partial charge in [0.1, 0.15) is 0 Å². The van der Waals surface area contributed by atoms with Gasteiger partial charge in [0, 0.05) is 11.1 Å². The zero-order valence-electron chi connectivity index (χ0n) is 8.19.